The van der Waals surface area contributed by atoms with Gasteiger partial charge in [-0.25, -0.2) is 0 Å². The lowest BCUT2D eigenvalue weighted by molar-refractivity contribution is -0.122. The van der Waals surface area contributed by atoms with Crippen LogP contribution in [0.1, 0.15) is 103 Å². The fraction of sp³-hybridized carbons (Fsp3) is 0.826. The molecule has 0 aromatic rings. The summed E-state index contributed by atoms with van der Waals surface area (Å²) in [5, 5.41) is 0. The molecule has 152 valence electrons. The molecule has 0 heterocycles. The number of ether oxygens (including phenoxy) is 1. The molecule has 0 aliphatic heterocycles. The van der Waals surface area contributed by atoms with E-state index in [0.29, 0.717) is 38.1 Å². The molecule has 0 rings (SSSR count). The van der Waals surface area contributed by atoms with Gasteiger partial charge in [-0.05, 0) is 25.2 Å². The molecule has 0 aromatic heterocycles. The second kappa shape index (κ2) is 18.8. The number of Topliss-reactive ketones (excluding diaryl/α,β-unsaturated/α-hetero) is 2. The number of unbranched alkanes of at least 4 members (excludes halogenated alkanes) is 8. The molecule has 3 heteroatoms. The molecule has 0 amide bonds. The van der Waals surface area contributed by atoms with Gasteiger partial charge in [0.25, 0.3) is 0 Å². The maximum Gasteiger partial charge on any atom is 0.133 e. The van der Waals surface area contributed by atoms with Crippen LogP contribution in [0.5, 0.6) is 0 Å². The maximum absolute atomic E-state index is 12.1. The van der Waals surface area contributed by atoms with Crippen molar-refractivity contribution < 1.29 is 14.3 Å². The highest BCUT2D eigenvalue weighted by atomic mass is 16.5. The van der Waals surface area contributed by atoms with E-state index in [1.54, 1.807) is 13.2 Å². The largest absolute Gasteiger partial charge is 0.384 e. The van der Waals surface area contributed by atoms with Gasteiger partial charge in [-0.1, -0.05) is 64.4 Å². The van der Waals surface area contributed by atoms with E-state index < -0.39 is 0 Å². The van der Waals surface area contributed by atoms with Crippen LogP contribution < -0.4 is 0 Å². The average Bonchev–Trinajstić information content (AvgIpc) is 2.63. The Kier molecular flexibility index (Phi) is 18.1. The monoisotopic (exact) mass is 366 g/mol. The van der Waals surface area contributed by atoms with E-state index in [-0.39, 0.29) is 11.7 Å². The van der Waals surface area contributed by atoms with E-state index in [0.717, 1.165) is 19.3 Å². The van der Waals surface area contributed by atoms with Crippen molar-refractivity contribution in [2.75, 3.05) is 13.7 Å². The van der Waals surface area contributed by atoms with Crippen molar-refractivity contribution in [3.8, 4) is 0 Å². The number of carbonyl (C=O) groups excluding carboxylic acids is 2. The molecule has 0 radical (unpaired) electrons. The van der Waals surface area contributed by atoms with Crippen LogP contribution >= 0.6 is 0 Å². The van der Waals surface area contributed by atoms with Crippen LogP contribution in [0.4, 0.5) is 0 Å². The molecule has 1 unspecified atom stereocenters. The van der Waals surface area contributed by atoms with Crippen LogP contribution in [-0.2, 0) is 14.3 Å². The van der Waals surface area contributed by atoms with Crippen molar-refractivity contribution in [1.82, 2.24) is 0 Å². The summed E-state index contributed by atoms with van der Waals surface area (Å²) in [6.45, 7) is 6.46. The number of carbonyl (C=O) groups is 2. The molecule has 26 heavy (non-hydrogen) atoms. The van der Waals surface area contributed by atoms with Gasteiger partial charge in [0.05, 0.1) is 0 Å². The van der Waals surface area contributed by atoms with E-state index in [1.165, 1.54) is 51.4 Å². The number of hydrogen-bond acceptors (Lipinski definition) is 3. The topological polar surface area (TPSA) is 43.4 Å². The van der Waals surface area contributed by atoms with Gasteiger partial charge in [0.2, 0.25) is 0 Å². The molecule has 0 aromatic carbocycles. The lowest BCUT2D eigenvalue weighted by Crippen LogP contribution is -2.15. The van der Waals surface area contributed by atoms with Crippen molar-refractivity contribution in [2.24, 2.45) is 5.92 Å². The van der Waals surface area contributed by atoms with Crippen LogP contribution in [0.25, 0.3) is 0 Å². The van der Waals surface area contributed by atoms with E-state index >= 15 is 0 Å². The van der Waals surface area contributed by atoms with Crippen LogP contribution in [0.2, 0.25) is 0 Å². The first-order chi connectivity index (χ1) is 12.6. The first-order valence-electron chi connectivity index (χ1n) is 10.8. The Balaban J connectivity index is 3.72. The Bertz CT molecular complexity index is 362. The maximum atomic E-state index is 12.1. The van der Waals surface area contributed by atoms with Gasteiger partial charge in [-0.15, -0.1) is 6.58 Å². The molecular weight excluding hydrogens is 324 g/mol. The first kappa shape index (κ1) is 25.0. The second-order valence-corrected chi connectivity index (χ2v) is 7.55. The Morgan fingerprint density at radius 2 is 1.50 bits per heavy atom. The summed E-state index contributed by atoms with van der Waals surface area (Å²) in [5.74, 6) is 0.760. The van der Waals surface area contributed by atoms with Gasteiger partial charge in [-0.3, -0.25) is 9.59 Å². The molecule has 0 fully saturated rings. The van der Waals surface area contributed by atoms with Crippen LogP contribution in [0.3, 0.4) is 0 Å². The summed E-state index contributed by atoms with van der Waals surface area (Å²) in [4.78, 5) is 24.0. The first-order valence-corrected chi connectivity index (χ1v) is 10.8. The zero-order valence-corrected chi connectivity index (χ0v) is 17.4. The summed E-state index contributed by atoms with van der Waals surface area (Å²) in [5.41, 5.74) is 0. The third-order valence-electron chi connectivity index (χ3n) is 4.94. The zero-order valence-electron chi connectivity index (χ0n) is 17.4. The standard InChI is InChI=1S/C23H42O3/c1-4-6-8-9-10-11-12-13-14-16-22(24)18-17-21(20-26-3)19-23(25)15-7-5-2/h5,21H,2,4,6-20H2,1,3H3. The van der Waals surface area contributed by atoms with Crippen LogP contribution in [0, 0.1) is 5.92 Å². The molecule has 0 N–H and O–H groups in total. The van der Waals surface area contributed by atoms with Crippen LogP contribution in [-0.4, -0.2) is 25.3 Å². The smallest absolute Gasteiger partial charge is 0.133 e. The highest BCUT2D eigenvalue weighted by Gasteiger charge is 2.15. The molecule has 0 spiro atoms. The van der Waals surface area contributed by atoms with E-state index in [9.17, 15) is 9.59 Å². The highest BCUT2D eigenvalue weighted by Crippen LogP contribution is 2.16. The molecule has 1 atom stereocenters. The molecule has 0 bridgehead atoms. The summed E-state index contributed by atoms with van der Waals surface area (Å²) in [6.07, 6.45) is 17.1. The third kappa shape index (κ3) is 16.5. The number of allylic oxidation sites excluding steroid dienone is 1. The second-order valence-electron chi connectivity index (χ2n) is 7.55. The van der Waals surface area contributed by atoms with Gasteiger partial charge < -0.3 is 4.74 Å². The van der Waals surface area contributed by atoms with Gasteiger partial charge in [-0.2, -0.15) is 0 Å². The fourth-order valence-electron chi connectivity index (χ4n) is 3.29. The van der Waals surface area contributed by atoms with Crippen molar-refractivity contribution in [1.29, 1.82) is 0 Å². The normalized spacial score (nSPS) is 12.1. The lowest BCUT2D eigenvalue weighted by Gasteiger charge is -2.14. The molecule has 0 aliphatic carbocycles. The van der Waals surface area contributed by atoms with E-state index in [4.69, 9.17) is 4.74 Å². The van der Waals surface area contributed by atoms with Crippen molar-refractivity contribution in [2.45, 2.75) is 103 Å². The molecule has 0 saturated heterocycles. The van der Waals surface area contributed by atoms with E-state index in [1.807, 2.05) is 0 Å². The number of rotatable bonds is 20. The SMILES string of the molecule is C=CCCC(=O)CC(CCC(=O)CCCCCCCCCCC)COC. The fourth-order valence-corrected chi connectivity index (χ4v) is 3.29. The Labute approximate surface area is 162 Å². The quantitative estimate of drug-likeness (QED) is 0.184. The van der Waals surface area contributed by atoms with Gasteiger partial charge in [0.15, 0.2) is 0 Å². The lowest BCUT2D eigenvalue weighted by atomic mass is 9.94. The number of hydrogen-bond donors (Lipinski definition) is 0. The minimum atomic E-state index is 0.171. The van der Waals surface area contributed by atoms with Gasteiger partial charge in [0.1, 0.15) is 11.6 Å². The Morgan fingerprint density at radius 3 is 2.08 bits per heavy atom. The molecule has 3 nitrogen and oxygen atoms in total. The molecular formula is C23H42O3. The van der Waals surface area contributed by atoms with Gasteiger partial charge in [0, 0.05) is 39.4 Å². The Hall–Kier alpha value is -0.960. The predicted octanol–water partition coefficient (Wildman–Crippen LogP) is 6.44. The van der Waals surface area contributed by atoms with Crippen molar-refractivity contribution in [3.05, 3.63) is 12.7 Å². The highest BCUT2D eigenvalue weighted by molar-refractivity contribution is 5.79. The predicted molar refractivity (Wildman–Crippen MR) is 111 cm³/mol. The van der Waals surface area contributed by atoms with Gasteiger partial charge >= 0.3 is 0 Å². The Morgan fingerprint density at radius 1 is 0.885 bits per heavy atom. The summed E-state index contributed by atoms with van der Waals surface area (Å²) in [6, 6.07) is 0. The average molecular weight is 367 g/mol. The van der Waals surface area contributed by atoms with Crippen LogP contribution in [0.15, 0.2) is 12.7 Å². The van der Waals surface area contributed by atoms with Crippen molar-refractivity contribution in [3.63, 3.8) is 0 Å². The van der Waals surface area contributed by atoms with E-state index in [2.05, 4.69) is 13.5 Å². The summed E-state index contributed by atoms with van der Waals surface area (Å²) in [7, 11) is 1.66. The minimum absolute atomic E-state index is 0.171. The molecule has 0 saturated carbocycles. The molecule has 0 aliphatic rings. The summed E-state index contributed by atoms with van der Waals surface area (Å²) >= 11 is 0. The zero-order chi connectivity index (χ0) is 19.5. The number of methoxy groups -OCH3 is 1. The third-order valence-corrected chi connectivity index (χ3v) is 4.94. The minimum Gasteiger partial charge on any atom is -0.384 e. The number of ketones is 2. The van der Waals surface area contributed by atoms with Crippen molar-refractivity contribution >= 4 is 11.6 Å². The summed E-state index contributed by atoms with van der Waals surface area (Å²) < 4.78 is 5.22.